The lowest BCUT2D eigenvalue weighted by molar-refractivity contribution is 0.239. The number of nitrogens with one attached hydrogen (secondary N) is 1. The minimum Gasteiger partial charge on any atom is -0.493 e. The van der Waals surface area contributed by atoms with Crippen LogP contribution in [0.5, 0.6) is 17.2 Å². The van der Waals surface area contributed by atoms with Gasteiger partial charge in [0, 0.05) is 12.0 Å². The van der Waals surface area contributed by atoms with Crippen LogP contribution in [0, 0.1) is 13.8 Å². The van der Waals surface area contributed by atoms with E-state index in [4.69, 9.17) is 19.9 Å². The fourth-order valence-electron chi connectivity index (χ4n) is 2.55. The summed E-state index contributed by atoms with van der Waals surface area (Å²) >= 11 is 0. The van der Waals surface area contributed by atoms with Crippen LogP contribution in [0.25, 0.3) is 0 Å². The zero-order valence-electron chi connectivity index (χ0n) is 15.8. The number of benzene rings is 2. The summed E-state index contributed by atoms with van der Waals surface area (Å²) in [5.74, 6) is 2.04. The molecule has 3 N–H and O–H groups in total. The fraction of sp³-hybridized carbons (Fsp3) is 0.300. The third kappa shape index (κ3) is 5.91. The first-order valence-electron chi connectivity index (χ1n) is 8.60. The number of nitrogens with zero attached hydrogens (tertiary/aromatic N) is 1. The van der Waals surface area contributed by atoms with Crippen LogP contribution in [0.3, 0.4) is 0 Å². The standard InChI is InChI=1S/C20H25N3O4/c1-14-7-4-8-15(2)18(14)26-11-6-12-27-19-16(13-22-23-20(21)24)9-5-10-17(19)25-3/h4-5,7-10,13H,6,11-12H2,1-3H3,(H3,21,23,24)/b22-13-. The first-order chi connectivity index (χ1) is 13.0. The number of carbonyl (C=O) groups excluding carboxylic acids is 1. The van der Waals surface area contributed by atoms with Gasteiger partial charge >= 0.3 is 6.03 Å². The molecular weight excluding hydrogens is 346 g/mol. The molecule has 0 radical (unpaired) electrons. The van der Waals surface area contributed by atoms with Gasteiger partial charge in [0.05, 0.1) is 26.5 Å². The summed E-state index contributed by atoms with van der Waals surface area (Å²) in [6.07, 6.45) is 2.15. The minimum atomic E-state index is -0.736. The molecule has 2 aromatic rings. The van der Waals surface area contributed by atoms with Gasteiger partial charge in [0.15, 0.2) is 11.5 Å². The van der Waals surface area contributed by atoms with Crippen LogP contribution in [-0.2, 0) is 0 Å². The van der Waals surface area contributed by atoms with Gasteiger partial charge in [-0.15, -0.1) is 0 Å². The number of primary amides is 1. The van der Waals surface area contributed by atoms with Gasteiger partial charge < -0.3 is 19.9 Å². The SMILES string of the molecule is COc1cccc(/C=N\NC(N)=O)c1OCCCOc1c(C)cccc1C. The molecule has 0 saturated heterocycles. The number of hydrazone groups is 1. The lowest BCUT2D eigenvalue weighted by atomic mass is 10.1. The molecule has 0 unspecified atom stereocenters. The maximum Gasteiger partial charge on any atom is 0.332 e. The van der Waals surface area contributed by atoms with Crippen LogP contribution in [0.4, 0.5) is 4.79 Å². The minimum absolute atomic E-state index is 0.440. The molecule has 7 nitrogen and oxygen atoms in total. The Hall–Kier alpha value is -3.22. The molecule has 0 aliphatic rings. The molecule has 0 aliphatic heterocycles. The third-order valence-electron chi connectivity index (χ3n) is 3.80. The lowest BCUT2D eigenvalue weighted by Crippen LogP contribution is -2.24. The van der Waals surface area contributed by atoms with Crippen molar-refractivity contribution >= 4 is 12.2 Å². The van der Waals surface area contributed by atoms with Gasteiger partial charge in [0.25, 0.3) is 0 Å². The molecule has 0 heterocycles. The smallest absolute Gasteiger partial charge is 0.332 e. The van der Waals surface area contributed by atoms with Crippen molar-refractivity contribution in [3.63, 3.8) is 0 Å². The topological polar surface area (TPSA) is 95.2 Å². The first-order valence-corrected chi connectivity index (χ1v) is 8.60. The monoisotopic (exact) mass is 371 g/mol. The molecule has 7 heteroatoms. The maximum absolute atomic E-state index is 10.7. The zero-order chi connectivity index (χ0) is 19.6. The zero-order valence-corrected chi connectivity index (χ0v) is 15.8. The highest BCUT2D eigenvalue weighted by Gasteiger charge is 2.10. The molecule has 0 bridgehead atoms. The number of ether oxygens (including phenoxy) is 3. The Kier molecular flexibility index (Phi) is 7.49. The molecule has 0 saturated carbocycles. The van der Waals surface area contributed by atoms with Crippen LogP contribution >= 0.6 is 0 Å². The number of nitrogens with two attached hydrogens (primary N) is 1. The summed E-state index contributed by atoms with van der Waals surface area (Å²) in [6, 6.07) is 10.7. The number of methoxy groups -OCH3 is 1. The summed E-state index contributed by atoms with van der Waals surface area (Å²) in [7, 11) is 1.56. The van der Waals surface area contributed by atoms with Gasteiger partial charge in [-0.1, -0.05) is 24.3 Å². The summed E-state index contributed by atoms with van der Waals surface area (Å²) < 4.78 is 17.1. The molecule has 0 spiro atoms. The summed E-state index contributed by atoms with van der Waals surface area (Å²) in [6.45, 7) is 5.03. The molecule has 0 aromatic heterocycles. The molecule has 144 valence electrons. The number of amides is 2. The van der Waals surface area contributed by atoms with E-state index in [2.05, 4.69) is 10.5 Å². The fourth-order valence-corrected chi connectivity index (χ4v) is 2.55. The Bertz CT molecular complexity index is 786. The summed E-state index contributed by atoms with van der Waals surface area (Å²) in [5, 5.41) is 3.77. The largest absolute Gasteiger partial charge is 0.493 e. The number of hydrogen-bond acceptors (Lipinski definition) is 5. The van der Waals surface area contributed by atoms with Crippen molar-refractivity contribution in [2.24, 2.45) is 10.8 Å². The number of aryl methyl sites for hydroxylation is 2. The van der Waals surface area contributed by atoms with Crippen molar-refractivity contribution in [2.45, 2.75) is 20.3 Å². The molecule has 2 aromatic carbocycles. The van der Waals surface area contributed by atoms with Crippen LogP contribution < -0.4 is 25.4 Å². The van der Waals surface area contributed by atoms with Crippen LogP contribution in [0.2, 0.25) is 0 Å². The predicted octanol–water partition coefficient (Wildman–Crippen LogP) is 3.16. The van der Waals surface area contributed by atoms with Crippen LogP contribution in [0.15, 0.2) is 41.5 Å². The van der Waals surface area contributed by atoms with Crippen LogP contribution in [0.1, 0.15) is 23.1 Å². The average Bonchev–Trinajstić information content (AvgIpc) is 2.64. The molecule has 0 aliphatic carbocycles. The lowest BCUT2D eigenvalue weighted by Gasteiger charge is -2.14. The second-order valence-electron chi connectivity index (χ2n) is 5.88. The average molecular weight is 371 g/mol. The number of para-hydroxylation sites is 2. The Balaban J connectivity index is 1.94. The van der Waals surface area contributed by atoms with Gasteiger partial charge in [-0.05, 0) is 37.1 Å². The van der Waals surface area contributed by atoms with E-state index < -0.39 is 6.03 Å². The van der Waals surface area contributed by atoms with Gasteiger partial charge in [-0.25, -0.2) is 10.2 Å². The number of urea groups is 1. The Morgan fingerprint density at radius 2 is 1.70 bits per heavy atom. The summed E-state index contributed by atoms with van der Waals surface area (Å²) in [5.41, 5.74) is 10.0. The van der Waals surface area contributed by atoms with Gasteiger partial charge in [-0.3, -0.25) is 0 Å². The van der Waals surface area contributed by atoms with Crippen molar-refractivity contribution in [1.82, 2.24) is 5.43 Å². The molecular formula is C20H25N3O4. The Labute approximate surface area is 159 Å². The Morgan fingerprint density at radius 1 is 1.07 bits per heavy atom. The number of carbonyl (C=O) groups is 1. The number of hydrogen-bond donors (Lipinski definition) is 2. The molecule has 0 fully saturated rings. The first kappa shape index (κ1) is 20.1. The second-order valence-corrected chi connectivity index (χ2v) is 5.88. The van der Waals surface area contributed by atoms with Crippen molar-refractivity contribution in [1.29, 1.82) is 0 Å². The van der Waals surface area contributed by atoms with Crippen molar-refractivity contribution in [3.8, 4) is 17.2 Å². The van der Waals surface area contributed by atoms with Gasteiger partial charge in [0.1, 0.15) is 5.75 Å². The normalized spacial score (nSPS) is 10.6. The third-order valence-corrected chi connectivity index (χ3v) is 3.80. The van der Waals surface area contributed by atoms with E-state index in [0.717, 1.165) is 16.9 Å². The van der Waals surface area contributed by atoms with Gasteiger partial charge in [0.2, 0.25) is 0 Å². The van der Waals surface area contributed by atoms with Crippen molar-refractivity contribution in [2.75, 3.05) is 20.3 Å². The molecule has 2 amide bonds. The summed E-state index contributed by atoms with van der Waals surface area (Å²) in [4.78, 5) is 10.7. The molecule has 0 atom stereocenters. The quantitative estimate of drug-likeness (QED) is 0.402. The van der Waals surface area contributed by atoms with E-state index in [1.165, 1.54) is 6.21 Å². The molecule has 2 rings (SSSR count). The predicted molar refractivity (Wildman–Crippen MR) is 105 cm³/mol. The Morgan fingerprint density at radius 3 is 2.33 bits per heavy atom. The van der Waals surface area contributed by atoms with E-state index in [9.17, 15) is 4.79 Å². The highest BCUT2D eigenvalue weighted by Crippen LogP contribution is 2.30. The number of rotatable bonds is 9. The maximum atomic E-state index is 10.7. The van der Waals surface area contributed by atoms with Crippen molar-refractivity contribution in [3.05, 3.63) is 53.1 Å². The second kappa shape index (κ2) is 10.1. The highest BCUT2D eigenvalue weighted by molar-refractivity contribution is 5.86. The van der Waals surface area contributed by atoms with E-state index in [-0.39, 0.29) is 0 Å². The van der Waals surface area contributed by atoms with E-state index in [1.54, 1.807) is 25.3 Å². The van der Waals surface area contributed by atoms with E-state index in [0.29, 0.717) is 36.7 Å². The van der Waals surface area contributed by atoms with E-state index in [1.807, 2.05) is 32.0 Å². The highest BCUT2D eigenvalue weighted by atomic mass is 16.5. The molecule has 27 heavy (non-hydrogen) atoms. The van der Waals surface area contributed by atoms with Gasteiger partial charge in [-0.2, -0.15) is 5.10 Å². The van der Waals surface area contributed by atoms with Crippen molar-refractivity contribution < 1.29 is 19.0 Å². The van der Waals surface area contributed by atoms with Crippen LogP contribution in [-0.4, -0.2) is 32.6 Å². The van der Waals surface area contributed by atoms with E-state index >= 15 is 0 Å².